The topological polar surface area (TPSA) is 35.6 Å². The van der Waals surface area contributed by atoms with Gasteiger partial charge in [0.1, 0.15) is 0 Å². The molecule has 0 saturated heterocycles. The number of hydrogen-bond donors (Lipinski definition) is 0. The number of aromatic nitrogens is 4. The average Bonchev–Trinajstić information content (AvgIpc) is 3.92. The van der Waals surface area contributed by atoms with Crippen LogP contribution < -0.4 is 20.9 Å². The summed E-state index contributed by atoms with van der Waals surface area (Å²) in [5.41, 5.74) is 10.0. The van der Waals surface area contributed by atoms with Gasteiger partial charge in [-0.15, -0.1) is 0 Å². The molecule has 57 heavy (non-hydrogen) atoms. The Balaban J connectivity index is 1.26. The second kappa shape index (κ2) is 12.3. The molecular weight excluding hydrogens is 709 g/mol. The van der Waals surface area contributed by atoms with Crippen LogP contribution in [0, 0.1) is 0 Å². The largest absolute Gasteiger partial charge is 0.309 e. The van der Waals surface area contributed by atoms with Crippen molar-refractivity contribution in [1.29, 1.82) is 0 Å². The third kappa shape index (κ3) is 4.43. The van der Waals surface area contributed by atoms with E-state index in [0.29, 0.717) is 5.95 Å². The molecule has 0 radical (unpaired) electrons. The van der Waals surface area contributed by atoms with E-state index in [-0.39, 0.29) is 0 Å². The zero-order valence-corrected chi connectivity index (χ0v) is 31.9. The Hall–Kier alpha value is -7.34. The van der Waals surface area contributed by atoms with Crippen LogP contribution in [-0.2, 0) is 0 Å². The highest BCUT2D eigenvalue weighted by molar-refractivity contribution is 7.21. The van der Waals surface area contributed by atoms with Crippen LogP contribution in [0.2, 0.25) is 0 Å². The highest BCUT2D eigenvalue weighted by atomic mass is 28.3. The summed E-state index contributed by atoms with van der Waals surface area (Å²) >= 11 is 0. The molecule has 1 aliphatic heterocycles. The molecule has 1 aliphatic rings. The van der Waals surface area contributed by atoms with Crippen molar-refractivity contribution in [2.45, 2.75) is 0 Å². The Morgan fingerprint density at radius 3 is 1.67 bits per heavy atom. The Morgan fingerprint density at radius 1 is 0.404 bits per heavy atom. The maximum absolute atomic E-state index is 5.91. The van der Waals surface area contributed by atoms with E-state index in [9.17, 15) is 0 Å². The predicted molar refractivity (Wildman–Crippen MR) is 239 cm³/mol. The number of fused-ring (bicyclic) bond motifs is 10. The van der Waals surface area contributed by atoms with Gasteiger partial charge >= 0.3 is 0 Å². The lowest BCUT2D eigenvalue weighted by Gasteiger charge is -2.30. The van der Waals surface area contributed by atoms with Crippen LogP contribution in [-0.4, -0.2) is 27.2 Å². The minimum atomic E-state index is -2.96. The van der Waals surface area contributed by atoms with Gasteiger partial charge in [-0.2, -0.15) is 0 Å². The van der Waals surface area contributed by atoms with Gasteiger partial charge in [-0.3, -0.25) is 4.57 Å². The van der Waals surface area contributed by atoms with E-state index in [4.69, 9.17) is 9.97 Å². The fraction of sp³-hybridized carbons (Fsp3) is 0. The summed E-state index contributed by atoms with van der Waals surface area (Å²) in [6.45, 7) is 0. The van der Waals surface area contributed by atoms with Crippen molar-refractivity contribution in [3.63, 3.8) is 0 Å². The second-order valence-electron chi connectivity index (χ2n) is 14.9. The Labute approximate surface area is 330 Å². The smallest absolute Gasteiger partial charge is 0.235 e. The molecule has 0 amide bonds. The maximum Gasteiger partial charge on any atom is 0.235 e. The van der Waals surface area contributed by atoms with Gasteiger partial charge in [0.2, 0.25) is 14.0 Å². The van der Waals surface area contributed by atoms with Crippen molar-refractivity contribution in [2.75, 3.05) is 0 Å². The van der Waals surface area contributed by atoms with Crippen LogP contribution in [0.5, 0.6) is 0 Å². The first-order chi connectivity index (χ1) is 28.3. The van der Waals surface area contributed by atoms with E-state index in [0.717, 1.165) is 38.9 Å². The van der Waals surface area contributed by atoms with E-state index in [1.165, 1.54) is 53.7 Å². The van der Waals surface area contributed by atoms with E-state index in [2.05, 4.69) is 215 Å². The molecule has 3 aromatic heterocycles. The summed E-state index contributed by atoms with van der Waals surface area (Å²) in [6, 6.07) is 74.7. The van der Waals surface area contributed by atoms with Crippen molar-refractivity contribution in [2.24, 2.45) is 0 Å². The van der Waals surface area contributed by atoms with E-state index < -0.39 is 8.07 Å². The lowest BCUT2D eigenvalue weighted by atomic mass is 10.0. The Morgan fingerprint density at radius 2 is 0.965 bits per heavy atom. The summed E-state index contributed by atoms with van der Waals surface area (Å²) in [6.07, 6.45) is 0. The van der Waals surface area contributed by atoms with Crippen molar-refractivity contribution in [1.82, 2.24) is 19.1 Å². The number of hydrogen-bond acceptors (Lipinski definition) is 2. The lowest BCUT2D eigenvalue weighted by molar-refractivity contribution is 1.01. The van der Waals surface area contributed by atoms with Crippen LogP contribution in [0.3, 0.4) is 0 Å². The molecule has 0 unspecified atom stereocenters. The van der Waals surface area contributed by atoms with Gasteiger partial charge in [-0.05, 0) is 51.5 Å². The molecule has 0 fully saturated rings. The quantitative estimate of drug-likeness (QED) is 0.165. The molecule has 8 aromatic carbocycles. The van der Waals surface area contributed by atoms with Crippen LogP contribution >= 0.6 is 0 Å². The maximum atomic E-state index is 5.91. The third-order valence-corrected chi connectivity index (χ3v) is 16.7. The highest BCUT2D eigenvalue weighted by Crippen LogP contribution is 2.42. The van der Waals surface area contributed by atoms with E-state index in [1.807, 2.05) is 0 Å². The number of nitrogens with zero attached hydrogens (tertiary/aromatic N) is 4. The monoisotopic (exact) mass is 742 g/mol. The first-order valence-electron chi connectivity index (χ1n) is 19.5. The van der Waals surface area contributed by atoms with Crippen molar-refractivity contribution in [3.8, 4) is 34.0 Å². The van der Waals surface area contributed by atoms with Crippen molar-refractivity contribution in [3.05, 3.63) is 206 Å². The van der Waals surface area contributed by atoms with E-state index >= 15 is 0 Å². The zero-order chi connectivity index (χ0) is 37.5. The molecule has 11 aromatic rings. The van der Waals surface area contributed by atoms with E-state index in [1.54, 1.807) is 0 Å². The average molecular weight is 743 g/mol. The Bertz CT molecular complexity index is 3290. The lowest BCUT2D eigenvalue weighted by Crippen LogP contribution is -2.73. The minimum absolute atomic E-state index is 0.678. The van der Waals surface area contributed by atoms with Crippen LogP contribution in [0.4, 0.5) is 0 Å². The standard InChI is InChI=1S/C52H34N4Si/c1-5-19-35(20-6-1)49-48-42-29-15-18-32-46(42)57(37-23-9-3-10-24-37,38-25-11-4-12-26-38)51(48)54-52(53-49)56-44-31-17-14-28-41(44)47-45(56)34-33-40-39-27-13-16-30-43(39)55(50(40)47)36-21-7-2-8-22-36/h1-34H. The summed E-state index contributed by atoms with van der Waals surface area (Å²) in [5, 5.41) is 9.89. The van der Waals surface area contributed by atoms with Crippen molar-refractivity contribution < 1.29 is 0 Å². The molecule has 5 heteroatoms. The third-order valence-electron chi connectivity index (χ3n) is 12.0. The predicted octanol–water partition coefficient (Wildman–Crippen LogP) is 9.70. The SMILES string of the molecule is c1ccc(-c2nc(-n3c4ccccc4c4c3ccc3c5ccccc5n(-c5ccccc5)c34)nc3c2-c2ccccc2[Si]3(c2ccccc2)c2ccccc2)cc1. The van der Waals surface area contributed by atoms with Crippen LogP contribution in [0.25, 0.3) is 77.6 Å². The minimum Gasteiger partial charge on any atom is -0.309 e. The molecule has 266 valence electrons. The zero-order valence-electron chi connectivity index (χ0n) is 30.9. The van der Waals surface area contributed by atoms with Gasteiger partial charge in [0.15, 0.2) is 0 Å². The summed E-state index contributed by atoms with van der Waals surface area (Å²) in [4.78, 5) is 11.6. The first kappa shape index (κ1) is 32.0. The molecule has 0 saturated carbocycles. The molecule has 4 heterocycles. The molecule has 0 bridgehead atoms. The molecule has 0 N–H and O–H groups in total. The summed E-state index contributed by atoms with van der Waals surface area (Å²) < 4.78 is 4.75. The van der Waals surface area contributed by atoms with Crippen LogP contribution in [0.1, 0.15) is 0 Å². The second-order valence-corrected chi connectivity index (χ2v) is 18.6. The van der Waals surface area contributed by atoms with Gasteiger partial charge in [0, 0.05) is 38.4 Å². The number of benzene rings is 8. The number of rotatable bonds is 5. The molecule has 0 atom stereocenters. The van der Waals surface area contributed by atoms with Crippen LogP contribution in [0.15, 0.2) is 206 Å². The fourth-order valence-electron chi connectivity index (χ4n) is 9.73. The van der Waals surface area contributed by atoms with Gasteiger partial charge < -0.3 is 4.57 Å². The first-order valence-corrected chi connectivity index (χ1v) is 21.5. The normalized spacial score (nSPS) is 13.1. The van der Waals surface area contributed by atoms with Gasteiger partial charge in [-0.25, -0.2) is 9.97 Å². The summed E-state index contributed by atoms with van der Waals surface area (Å²) in [7, 11) is -2.96. The summed E-state index contributed by atoms with van der Waals surface area (Å²) in [5.74, 6) is 0.678. The molecule has 0 aliphatic carbocycles. The molecule has 12 rings (SSSR count). The molecule has 4 nitrogen and oxygen atoms in total. The molecular formula is C52H34N4Si. The fourth-order valence-corrected chi connectivity index (χ4v) is 14.7. The molecule has 0 spiro atoms. The van der Waals surface area contributed by atoms with Gasteiger partial charge in [-0.1, -0.05) is 176 Å². The van der Waals surface area contributed by atoms with Gasteiger partial charge in [0.05, 0.1) is 33.1 Å². The Kier molecular flexibility index (Phi) is 6.91. The van der Waals surface area contributed by atoms with Crippen molar-refractivity contribution >= 4 is 72.6 Å². The van der Waals surface area contributed by atoms with Gasteiger partial charge in [0.25, 0.3) is 0 Å². The number of para-hydroxylation sites is 3. The highest BCUT2D eigenvalue weighted by Gasteiger charge is 2.51.